The fraction of sp³-hybridized carbons (Fsp3) is 0.143. The van der Waals surface area contributed by atoms with Crippen molar-refractivity contribution in [1.82, 2.24) is 20.0 Å². The quantitative estimate of drug-likeness (QED) is 0.528. The molecule has 0 radical (unpaired) electrons. The van der Waals surface area contributed by atoms with Crippen LogP contribution in [-0.2, 0) is 17.9 Å². The van der Waals surface area contributed by atoms with Crippen molar-refractivity contribution in [3.63, 3.8) is 0 Å². The smallest absolute Gasteiger partial charge is 0.299 e. The highest BCUT2D eigenvalue weighted by Gasteiger charge is 2.16. The number of hydrogen-bond acceptors (Lipinski definition) is 5. The van der Waals surface area contributed by atoms with Crippen LogP contribution in [0.15, 0.2) is 70.2 Å². The zero-order valence-electron chi connectivity index (χ0n) is 15.3. The number of nitrogens with one attached hydrogen (secondary N) is 1. The highest BCUT2D eigenvalue weighted by atomic mass is 35.5. The number of amides is 1. The van der Waals surface area contributed by atoms with Crippen LogP contribution in [0, 0.1) is 0 Å². The number of hydrogen-bond donors (Lipinski definition) is 1. The lowest BCUT2D eigenvalue weighted by molar-refractivity contribution is -0.121. The van der Waals surface area contributed by atoms with Crippen molar-refractivity contribution in [2.75, 3.05) is 0 Å². The molecule has 4 aromatic rings. The van der Waals surface area contributed by atoms with E-state index >= 15 is 0 Å². The number of benzene rings is 2. The highest BCUT2D eigenvalue weighted by Crippen LogP contribution is 2.23. The van der Waals surface area contributed by atoms with E-state index in [9.17, 15) is 9.59 Å². The van der Waals surface area contributed by atoms with Gasteiger partial charge in [0.25, 0.3) is 11.1 Å². The van der Waals surface area contributed by atoms with Gasteiger partial charge in [0.2, 0.25) is 5.91 Å². The van der Waals surface area contributed by atoms with Gasteiger partial charge in [-0.05, 0) is 17.7 Å². The summed E-state index contributed by atoms with van der Waals surface area (Å²) in [7, 11) is 0. The molecule has 146 valence electrons. The lowest BCUT2D eigenvalue weighted by Crippen LogP contribution is -2.27. The molecular weight excluding hydrogens is 392 g/mol. The number of fused-ring (bicyclic) bond motifs is 1. The van der Waals surface area contributed by atoms with E-state index in [0.717, 1.165) is 11.1 Å². The summed E-state index contributed by atoms with van der Waals surface area (Å²) < 4.78 is 6.59. The molecule has 29 heavy (non-hydrogen) atoms. The monoisotopic (exact) mass is 408 g/mol. The Balaban J connectivity index is 1.44. The molecule has 0 aliphatic rings. The van der Waals surface area contributed by atoms with Gasteiger partial charge in [-0.15, -0.1) is 0 Å². The number of nitrogens with zero attached hydrogens (tertiary/aromatic N) is 3. The molecule has 4 rings (SSSR count). The zero-order chi connectivity index (χ0) is 20.2. The van der Waals surface area contributed by atoms with Gasteiger partial charge in [0.15, 0.2) is 0 Å². The first-order valence-electron chi connectivity index (χ1n) is 9.03. The number of aromatic nitrogens is 3. The van der Waals surface area contributed by atoms with E-state index in [1.54, 1.807) is 12.1 Å². The molecule has 0 atom stereocenters. The van der Waals surface area contributed by atoms with Crippen molar-refractivity contribution in [1.29, 1.82) is 0 Å². The van der Waals surface area contributed by atoms with Crippen LogP contribution in [0.5, 0.6) is 0 Å². The van der Waals surface area contributed by atoms with Crippen LogP contribution in [-0.4, -0.2) is 20.6 Å². The van der Waals surface area contributed by atoms with Crippen LogP contribution in [0.3, 0.4) is 0 Å². The second-order valence-corrected chi connectivity index (χ2v) is 6.91. The topological polar surface area (TPSA) is 90.0 Å². The van der Waals surface area contributed by atoms with Crippen molar-refractivity contribution >= 4 is 28.6 Å². The first kappa shape index (κ1) is 18.9. The Morgan fingerprint density at radius 3 is 2.76 bits per heavy atom. The van der Waals surface area contributed by atoms with Gasteiger partial charge in [0.1, 0.15) is 11.2 Å². The highest BCUT2D eigenvalue weighted by molar-refractivity contribution is 6.30. The maximum atomic E-state index is 12.6. The molecule has 0 fully saturated rings. The van der Waals surface area contributed by atoms with Gasteiger partial charge in [-0.2, -0.15) is 0 Å². The average Bonchev–Trinajstić information content (AvgIpc) is 3.17. The predicted molar refractivity (Wildman–Crippen MR) is 109 cm³/mol. The predicted octanol–water partition coefficient (Wildman–Crippen LogP) is 3.41. The summed E-state index contributed by atoms with van der Waals surface area (Å²) in [6.45, 7) is 0.554. The summed E-state index contributed by atoms with van der Waals surface area (Å²) in [5, 5.41) is 7.42. The van der Waals surface area contributed by atoms with Gasteiger partial charge in [0, 0.05) is 30.1 Å². The molecule has 1 amide bonds. The summed E-state index contributed by atoms with van der Waals surface area (Å²) >= 11 is 5.94. The van der Waals surface area contributed by atoms with E-state index in [1.165, 1.54) is 10.9 Å². The number of halogens is 1. The number of aryl methyl sites for hydroxylation is 1. The number of carbonyl (C=O) groups is 1. The summed E-state index contributed by atoms with van der Waals surface area (Å²) in [5.41, 5.74) is 2.35. The molecule has 0 bridgehead atoms. The summed E-state index contributed by atoms with van der Waals surface area (Å²) in [6.07, 6.45) is 1.55. The Labute approximate surface area is 170 Å². The van der Waals surface area contributed by atoms with Gasteiger partial charge in [-0.3, -0.25) is 14.2 Å². The third-order valence-electron chi connectivity index (χ3n) is 4.45. The van der Waals surface area contributed by atoms with Crippen LogP contribution in [0.25, 0.3) is 22.4 Å². The van der Waals surface area contributed by atoms with E-state index < -0.39 is 0 Å². The van der Waals surface area contributed by atoms with E-state index in [4.69, 9.17) is 16.1 Å². The van der Waals surface area contributed by atoms with Gasteiger partial charge in [-0.25, -0.2) is 4.98 Å². The van der Waals surface area contributed by atoms with Crippen molar-refractivity contribution in [2.24, 2.45) is 0 Å². The minimum Gasteiger partial charge on any atom is -0.352 e. The normalized spacial score (nSPS) is 10.9. The lowest BCUT2D eigenvalue weighted by atomic mass is 10.1. The maximum Gasteiger partial charge on any atom is 0.299 e. The zero-order valence-corrected chi connectivity index (χ0v) is 16.1. The minimum atomic E-state index is -0.368. The number of rotatable bonds is 6. The Hall–Kier alpha value is -3.45. The van der Waals surface area contributed by atoms with Gasteiger partial charge in [-0.1, -0.05) is 59.2 Å². The molecule has 2 aromatic heterocycles. The van der Waals surface area contributed by atoms with Crippen molar-refractivity contribution in [3.8, 4) is 11.3 Å². The first-order valence-corrected chi connectivity index (χ1v) is 9.41. The fourth-order valence-electron chi connectivity index (χ4n) is 2.96. The third kappa shape index (κ3) is 4.20. The second-order valence-electron chi connectivity index (χ2n) is 6.47. The molecule has 1 N–H and O–H groups in total. The molecule has 0 aliphatic carbocycles. The van der Waals surface area contributed by atoms with Crippen LogP contribution in [0.2, 0.25) is 5.02 Å². The average molecular weight is 409 g/mol. The maximum absolute atomic E-state index is 12.6. The summed E-state index contributed by atoms with van der Waals surface area (Å²) in [6, 6.07) is 16.6. The molecule has 0 aliphatic heterocycles. The molecule has 0 saturated heterocycles. The van der Waals surface area contributed by atoms with Crippen molar-refractivity contribution < 1.29 is 9.32 Å². The first-order chi connectivity index (χ1) is 14.1. The standard InChI is InChI=1S/C21H17ClN4O3/c22-16-8-4-5-14(11-16)12-23-17(27)9-10-26-13-24-19-18(15-6-2-1-3-7-15)25-29-20(19)21(26)28/h1-8,11,13H,9-10,12H2,(H,23,27). The molecule has 2 heterocycles. The van der Waals surface area contributed by atoms with Crippen LogP contribution in [0.1, 0.15) is 12.0 Å². The van der Waals surface area contributed by atoms with E-state index in [2.05, 4.69) is 15.5 Å². The second kappa shape index (κ2) is 8.28. The SMILES string of the molecule is O=C(CCn1cnc2c(-c3ccccc3)noc2c1=O)NCc1cccc(Cl)c1. The third-order valence-corrected chi connectivity index (χ3v) is 4.69. The van der Waals surface area contributed by atoms with Gasteiger partial charge >= 0.3 is 0 Å². The van der Waals surface area contributed by atoms with Crippen molar-refractivity contribution in [2.45, 2.75) is 19.5 Å². The molecular formula is C21H17ClN4O3. The summed E-state index contributed by atoms with van der Waals surface area (Å²) in [4.78, 5) is 29.1. The Bertz CT molecular complexity index is 1220. The van der Waals surface area contributed by atoms with Crippen LogP contribution in [0.4, 0.5) is 0 Å². The molecule has 0 spiro atoms. The van der Waals surface area contributed by atoms with Crippen LogP contribution >= 0.6 is 11.6 Å². The Kier molecular flexibility index (Phi) is 5.39. The molecule has 0 unspecified atom stereocenters. The van der Waals surface area contributed by atoms with Gasteiger partial charge < -0.3 is 9.84 Å². The largest absolute Gasteiger partial charge is 0.352 e. The fourth-order valence-corrected chi connectivity index (χ4v) is 3.17. The Morgan fingerprint density at radius 1 is 1.14 bits per heavy atom. The summed E-state index contributed by atoms with van der Waals surface area (Å²) in [5.74, 6) is -0.181. The van der Waals surface area contributed by atoms with Crippen molar-refractivity contribution in [3.05, 3.63) is 81.9 Å². The lowest BCUT2D eigenvalue weighted by Gasteiger charge is -2.07. The number of carbonyl (C=O) groups excluding carboxylic acids is 1. The molecule has 8 heteroatoms. The van der Waals surface area contributed by atoms with Crippen LogP contribution < -0.4 is 10.9 Å². The van der Waals surface area contributed by atoms with E-state index in [-0.39, 0.29) is 30.0 Å². The molecule has 2 aromatic carbocycles. The molecule has 7 nitrogen and oxygen atoms in total. The molecule has 0 saturated carbocycles. The Morgan fingerprint density at radius 2 is 1.97 bits per heavy atom. The van der Waals surface area contributed by atoms with E-state index in [1.807, 2.05) is 42.5 Å². The van der Waals surface area contributed by atoms with E-state index in [0.29, 0.717) is 22.8 Å². The minimum absolute atomic E-state index is 0.0747. The van der Waals surface area contributed by atoms with Gasteiger partial charge in [0.05, 0.1) is 6.33 Å².